The zero-order chi connectivity index (χ0) is 27.3. The molecule has 1 amide bonds. The number of ether oxygens (including phenoxy) is 1. The molecule has 1 aliphatic carbocycles. The van der Waals surface area contributed by atoms with Crippen LogP contribution in [-0.4, -0.2) is 32.7 Å². The summed E-state index contributed by atoms with van der Waals surface area (Å²) in [5.74, 6) is -5.49. The number of benzene rings is 1. The van der Waals surface area contributed by atoms with E-state index in [1.165, 1.54) is 17.6 Å². The Kier molecular flexibility index (Phi) is 5.04. The molecular formula is C25H18F5N3O5. The molecule has 6 rings (SSSR count). The summed E-state index contributed by atoms with van der Waals surface area (Å²) < 4.78 is 74.9. The van der Waals surface area contributed by atoms with Crippen LogP contribution in [0, 0.1) is 11.6 Å². The summed E-state index contributed by atoms with van der Waals surface area (Å²) in [6, 6.07) is 0.980. The second-order valence-electron chi connectivity index (χ2n) is 9.56. The molecule has 3 aliphatic rings. The Morgan fingerprint density at radius 3 is 2.66 bits per heavy atom. The van der Waals surface area contributed by atoms with Crippen LogP contribution in [0.1, 0.15) is 53.6 Å². The molecule has 38 heavy (non-hydrogen) atoms. The number of amides is 1. The highest BCUT2D eigenvalue weighted by atomic mass is 19.4. The van der Waals surface area contributed by atoms with E-state index in [-0.39, 0.29) is 82.5 Å². The van der Waals surface area contributed by atoms with Crippen molar-refractivity contribution in [2.24, 2.45) is 0 Å². The summed E-state index contributed by atoms with van der Waals surface area (Å²) in [6.07, 6.45) is -5.59. The Labute approximate surface area is 210 Å². The van der Waals surface area contributed by atoms with Crippen molar-refractivity contribution in [2.45, 2.75) is 57.2 Å². The first kappa shape index (κ1) is 24.5. The van der Waals surface area contributed by atoms with E-state index < -0.39 is 46.9 Å². The number of nitrogens with one attached hydrogen (secondary N) is 1. The van der Waals surface area contributed by atoms with Crippen LogP contribution in [0.15, 0.2) is 16.9 Å². The molecular weight excluding hydrogens is 517 g/mol. The predicted octanol–water partition coefficient (Wildman–Crippen LogP) is 3.02. The maximum absolute atomic E-state index is 14.8. The smallest absolute Gasteiger partial charge is 0.458 e. The number of alkyl halides is 3. The normalized spacial score (nSPS) is 21.6. The summed E-state index contributed by atoms with van der Waals surface area (Å²) in [5.41, 5.74) is -2.22. The van der Waals surface area contributed by atoms with E-state index in [9.17, 15) is 41.4 Å². The first-order valence-electron chi connectivity index (χ1n) is 11.7. The lowest BCUT2D eigenvalue weighted by Gasteiger charge is -2.31. The number of nitrogens with zero attached hydrogens (tertiary/aromatic N) is 2. The highest BCUT2D eigenvalue weighted by Crippen LogP contribution is 2.46. The third kappa shape index (κ3) is 3.17. The predicted molar refractivity (Wildman–Crippen MR) is 120 cm³/mol. The molecule has 0 fully saturated rings. The molecule has 2 N–H and O–H groups in total. The van der Waals surface area contributed by atoms with Gasteiger partial charge in [0, 0.05) is 28.1 Å². The average molecular weight is 535 g/mol. The Morgan fingerprint density at radius 1 is 1.24 bits per heavy atom. The molecule has 198 valence electrons. The number of aryl methyl sites for hydroxylation is 1. The lowest BCUT2D eigenvalue weighted by molar-refractivity contribution is -0.174. The van der Waals surface area contributed by atoms with Crippen LogP contribution in [0.3, 0.4) is 0 Å². The first-order valence-corrected chi connectivity index (χ1v) is 11.7. The van der Waals surface area contributed by atoms with Crippen molar-refractivity contribution < 1.29 is 41.4 Å². The van der Waals surface area contributed by atoms with Crippen molar-refractivity contribution in [1.82, 2.24) is 14.9 Å². The third-order valence-electron chi connectivity index (χ3n) is 7.60. The van der Waals surface area contributed by atoms with Gasteiger partial charge in [0.05, 0.1) is 35.1 Å². The van der Waals surface area contributed by atoms with Gasteiger partial charge in [0.15, 0.2) is 17.2 Å². The molecule has 0 saturated carbocycles. The Bertz CT molecular complexity index is 1660. The van der Waals surface area contributed by atoms with E-state index in [1.807, 2.05) is 5.32 Å². The lowest BCUT2D eigenvalue weighted by atomic mass is 9.83. The van der Waals surface area contributed by atoms with Gasteiger partial charge in [-0.25, -0.2) is 18.6 Å². The first-order chi connectivity index (χ1) is 17.9. The number of pyridine rings is 2. The number of aliphatic hydroxyl groups is 1. The van der Waals surface area contributed by atoms with Gasteiger partial charge >= 0.3 is 18.1 Å². The number of carbonyl (C=O) groups excluding carboxylic acids is 2. The highest BCUT2D eigenvalue weighted by Gasteiger charge is 2.46. The summed E-state index contributed by atoms with van der Waals surface area (Å²) in [4.78, 5) is 42.1. The minimum atomic E-state index is -5.18. The van der Waals surface area contributed by atoms with Gasteiger partial charge in [0.1, 0.15) is 6.61 Å². The summed E-state index contributed by atoms with van der Waals surface area (Å²) in [7, 11) is 0. The van der Waals surface area contributed by atoms with Crippen molar-refractivity contribution in [3.05, 3.63) is 61.9 Å². The zero-order valence-electron chi connectivity index (χ0n) is 19.6. The minimum absolute atomic E-state index is 0.0174. The molecule has 13 heteroatoms. The van der Waals surface area contributed by atoms with E-state index >= 15 is 0 Å². The van der Waals surface area contributed by atoms with Gasteiger partial charge in [-0.1, -0.05) is 6.92 Å². The monoisotopic (exact) mass is 535 g/mol. The Hall–Kier alpha value is -3.87. The van der Waals surface area contributed by atoms with Crippen LogP contribution in [0.25, 0.3) is 22.3 Å². The fourth-order valence-corrected chi connectivity index (χ4v) is 5.74. The van der Waals surface area contributed by atoms with E-state index in [0.29, 0.717) is 0 Å². The van der Waals surface area contributed by atoms with E-state index in [0.717, 1.165) is 6.07 Å². The number of rotatable bonds is 2. The van der Waals surface area contributed by atoms with Crippen LogP contribution in [0.2, 0.25) is 0 Å². The van der Waals surface area contributed by atoms with Crippen LogP contribution >= 0.6 is 0 Å². The zero-order valence-corrected chi connectivity index (χ0v) is 19.6. The minimum Gasteiger partial charge on any atom is -0.458 e. The fraction of sp³-hybridized carbons (Fsp3) is 0.360. The van der Waals surface area contributed by atoms with Crippen LogP contribution < -0.4 is 10.9 Å². The number of carbonyl (C=O) groups is 2. The van der Waals surface area contributed by atoms with E-state index in [4.69, 9.17) is 4.74 Å². The van der Waals surface area contributed by atoms with Crippen molar-refractivity contribution >= 4 is 22.8 Å². The molecule has 0 unspecified atom stereocenters. The molecule has 3 aromatic rings. The number of hydrogen-bond donors (Lipinski definition) is 2. The van der Waals surface area contributed by atoms with Crippen molar-refractivity contribution in [2.75, 3.05) is 0 Å². The van der Waals surface area contributed by atoms with Crippen molar-refractivity contribution in [1.29, 1.82) is 0 Å². The molecule has 0 saturated heterocycles. The molecule has 8 nitrogen and oxygen atoms in total. The molecule has 0 spiro atoms. The molecule has 1 aromatic carbocycles. The van der Waals surface area contributed by atoms with Gasteiger partial charge in [0.2, 0.25) is 0 Å². The molecule has 2 aliphatic heterocycles. The molecule has 2 aromatic heterocycles. The maximum atomic E-state index is 14.8. The number of hydrogen-bond acceptors (Lipinski definition) is 6. The standard InChI is InChI=1S/C25H18F5N3O5/c1-2-24(37)12-5-16-20-10(7-33(16)21(34)11(12)8-38-23(24)36)18-14(32-22(35)25(28,29)30)4-3-9-17(18)15(31-20)6-13(26)19(9)27/h5-6,14,37H,2-4,7-8H2,1H3,(H,32,35)/t14-,24-/m0/s1. The van der Waals surface area contributed by atoms with Gasteiger partial charge in [-0.15, -0.1) is 0 Å². The number of cyclic esters (lactones) is 1. The van der Waals surface area contributed by atoms with Crippen LogP contribution in [0.5, 0.6) is 0 Å². The number of fused-ring (bicyclic) bond motifs is 5. The van der Waals surface area contributed by atoms with Gasteiger partial charge in [-0.05, 0) is 30.9 Å². The fourth-order valence-electron chi connectivity index (χ4n) is 5.74. The van der Waals surface area contributed by atoms with Crippen LogP contribution in [0.4, 0.5) is 22.0 Å². The second-order valence-corrected chi connectivity index (χ2v) is 9.56. The lowest BCUT2D eigenvalue weighted by Crippen LogP contribution is -2.44. The van der Waals surface area contributed by atoms with Gasteiger partial charge < -0.3 is 19.7 Å². The second kappa shape index (κ2) is 7.82. The highest BCUT2D eigenvalue weighted by molar-refractivity contribution is 5.93. The molecule has 0 bridgehead atoms. The summed E-state index contributed by atoms with van der Waals surface area (Å²) in [5, 5.41) is 13.0. The topological polar surface area (TPSA) is 111 Å². The molecule has 0 radical (unpaired) electrons. The van der Waals surface area contributed by atoms with Gasteiger partial charge in [0.25, 0.3) is 5.56 Å². The van der Waals surface area contributed by atoms with Crippen LogP contribution in [-0.2, 0) is 39.5 Å². The summed E-state index contributed by atoms with van der Waals surface area (Å²) in [6.45, 7) is 0.946. The van der Waals surface area contributed by atoms with Crippen molar-refractivity contribution in [3.63, 3.8) is 0 Å². The van der Waals surface area contributed by atoms with Gasteiger partial charge in [-0.2, -0.15) is 13.2 Å². The number of esters is 1. The maximum Gasteiger partial charge on any atom is 0.471 e. The SMILES string of the molecule is CC[C@@]1(O)C(=O)OCc2c1cc1n(c2=O)Cc2c-1nc1cc(F)c(F)c3c1c2[C@@H](NC(=O)C(F)(F)F)CC3. The average Bonchev–Trinajstić information content (AvgIpc) is 3.23. The Morgan fingerprint density at radius 2 is 1.97 bits per heavy atom. The number of aromatic nitrogens is 2. The number of halogens is 5. The Balaban J connectivity index is 1.64. The third-order valence-corrected chi connectivity index (χ3v) is 7.60. The quantitative estimate of drug-likeness (QED) is 0.302. The van der Waals surface area contributed by atoms with E-state index in [2.05, 4.69) is 4.98 Å². The molecule has 4 heterocycles. The largest absolute Gasteiger partial charge is 0.471 e. The summed E-state index contributed by atoms with van der Waals surface area (Å²) >= 11 is 0. The van der Waals surface area contributed by atoms with Crippen molar-refractivity contribution in [3.8, 4) is 11.4 Å². The van der Waals surface area contributed by atoms with Gasteiger partial charge in [-0.3, -0.25) is 9.59 Å². The van der Waals surface area contributed by atoms with E-state index in [1.54, 1.807) is 0 Å². The molecule has 2 atom stereocenters.